The summed E-state index contributed by atoms with van der Waals surface area (Å²) in [5.41, 5.74) is 2.39. The zero-order valence-electron chi connectivity index (χ0n) is 18.4. The van der Waals surface area contributed by atoms with Gasteiger partial charge in [0.05, 0.1) is 17.7 Å². The highest BCUT2D eigenvalue weighted by molar-refractivity contribution is 5.76. The monoisotopic (exact) mass is 430 g/mol. The number of H-pyrrole nitrogens is 1. The van der Waals surface area contributed by atoms with Gasteiger partial charge in [0, 0.05) is 18.7 Å². The number of ether oxygens (including phenoxy) is 2. The van der Waals surface area contributed by atoms with Crippen molar-refractivity contribution < 1.29 is 9.47 Å². The van der Waals surface area contributed by atoms with Gasteiger partial charge < -0.3 is 19.8 Å². The summed E-state index contributed by atoms with van der Waals surface area (Å²) in [6, 6.07) is 5.89. The number of nitrogens with zero attached hydrogens (tertiary/aromatic N) is 2. The van der Waals surface area contributed by atoms with E-state index in [9.17, 15) is 4.79 Å². The van der Waals surface area contributed by atoms with Crippen molar-refractivity contribution >= 4 is 23.6 Å². The van der Waals surface area contributed by atoms with Gasteiger partial charge in [-0.1, -0.05) is 18.2 Å². The molecule has 7 heteroatoms. The van der Waals surface area contributed by atoms with Gasteiger partial charge in [-0.3, -0.25) is 9.20 Å². The molecule has 164 valence electrons. The quantitative estimate of drug-likeness (QED) is 0.649. The Balaban J connectivity index is 1.65. The molecule has 2 aliphatic rings. The molecule has 1 aliphatic carbocycles. The number of methoxy groups -OCH3 is 1. The van der Waals surface area contributed by atoms with Gasteiger partial charge in [-0.2, -0.15) is 0 Å². The van der Waals surface area contributed by atoms with Crippen LogP contribution in [0.25, 0.3) is 29.1 Å². The van der Waals surface area contributed by atoms with Crippen LogP contribution in [0.1, 0.15) is 18.9 Å². The third-order valence-corrected chi connectivity index (χ3v) is 5.98. The molecule has 0 bridgehead atoms. The van der Waals surface area contributed by atoms with E-state index < -0.39 is 5.60 Å². The van der Waals surface area contributed by atoms with Crippen molar-refractivity contribution in [3.63, 3.8) is 0 Å². The molecule has 7 nitrogen and oxygen atoms in total. The summed E-state index contributed by atoms with van der Waals surface area (Å²) >= 11 is 0. The average Bonchev–Trinajstić information content (AvgIpc) is 3.15. The maximum atomic E-state index is 13.1. The molecule has 0 saturated heterocycles. The van der Waals surface area contributed by atoms with Gasteiger partial charge >= 0.3 is 0 Å². The molecule has 3 aromatic rings. The van der Waals surface area contributed by atoms with Gasteiger partial charge in [0.15, 0.2) is 0 Å². The molecule has 1 atom stereocenters. The van der Waals surface area contributed by atoms with E-state index in [2.05, 4.69) is 16.4 Å². The third-order valence-electron chi connectivity index (χ3n) is 5.98. The van der Waals surface area contributed by atoms with Crippen LogP contribution in [0.5, 0.6) is 0 Å². The Morgan fingerprint density at radius 1 is 1.38 bits per heavy atom. The maximum Gasteiger partial charge on any atom is 0.258 e. The number of anilines is 1. The minimum absolute atomic E-state index is 0.187. The smallest absolute Gasteiger partial charge is 0.258 e. The Hall–Kier alpha value is -3.58. The highest BCUT2D eigenvalue weighted by Crippen LogP contribution is 2.27. The number of aryl methyl sites for hydroxylation is 1. The van der Waals surface area contributed by atoms with Gasteiger partial charge in [0.1, 0.15) is 29.5 Å². The average molecular weight is 431 g/mol. The molecule has 0 fully saturated rings. The number of nitrogens with one attached hydrogen (secondary N) is 2. The van der Waals surface area contributed by atoms with Crippen molar-refractivity contribution in [2.45, 2.75) is 25.9 Å². The number of hydrogen-bond acceptors (Lipinski definition) is 5. The summed E-state index contributed by atoms with van der Waals surface area (Å²) in [7, 11) is 1.68. The third kappa shape index (κ3) is 3.65. The van der Waals surface area contributed by atoms with Crippen LogP contribution < -0.4 is 21.4 Å². The largest absolute Gasteiger partial charge is 0.492 e. The van der Waals surface area contributed by atoms with E-state index >= 15 is 0 Å². The zero-order chi connectivity index (χ0) is 22.3. The van der Waals surface area contributed by atoms with Crippen LogP contribution in [-0.4, -0.2) is 40.2 Å². The second-order valence-corrected chi connectivity index (χ2v) is 8.42. The van der Waals surface area contributed by atoms with Crippen LogP contribution in [0, 0.1) is 6.92 Å². The van der Waals surface area contributed by atoms with Gasteiger partial charge in [-0.15, -0.1) is 0 Å². The molecule has 2 N–H and O–H groups in total. The van der Waals surface area contributed by atoms with Crippen molar-refractivity contribution in [3.05, 3.63) is 74.9 Å². The first-order valence-corrected chi connectivity index (χ1v) is 10.7. The molecule has 3 aromatic heterocycles. The molecule has 1 unspecified atom stereocenters. The van der Waals surface area contributed by atoms with E-state index in [4.69, 9.17) is 14.5 Å². The van der Waals surface area contributed by atoms with Crippen LogP contribution in [0.2, 0.25) is 0 Å². The molecule has 1 aliphatic heterocycles. The lowest BCUT2D eigenvalue weighted by Gasteiger charge is -2.24. The lowest BCUT2D eigenvalue weighted by molar-refractivity contribution is 0.0672. The molecule has 0 radical (unpaired) electrons. The highest BCUT2D eigenvalue weighted by atomic mass is 16.5. The zero-order valence-corrected chi connectivity index (χ0v) is 18.4. The Labute approximate surface area is 185 Å². The van der Waals surface area contributed by atoms with E-state index in [-0.39, 0.29) is 5.56 Å². The molecule has 32 heavy (non-hydrogen) atoms. The number of aromatic amines is 1. The summed E-state index contributed by atoms with van der Waals surface area (Å²) in [6.07, 6.45) is 12.7. The summed E-state index contributed by atoms with van der Waals surface area (Å²) in [5.74, 6) is 1.59. The fourth-order valence-corrected chi connectivity index (χ4v) is 4.07. The molecular formula is C25H26N4O3. The summed E-state index contributed by atoms with van der Waals surface area (Å²) in [4.78, 5) is 21.0. The van der Waals surface area contributed by atoms with Crippen molar-refractivity contribution in [1.82, 2.24) is 14.4 Å². The van der Waals surface area contributed by atoms with Crippen molar-refractivity contribution in [2.24, 2.45) is 0 Å². The van der Waals surface area contributed by atoms with Gasteiger partial charge in [0.25, 0.3) is 5.56 Å². The minimum Gasteiger partial charge on any atom is -0.492 e. The van der Waals surface area contributed by atoms with E-state index in [1.165, 1.54) is 0 Å². The van der Waals surface area contributed by atoms with E-state index in [0.717, 1.165) is 39.8 Å². The number of allylic oxidation sites excluding steroid dienone is 2. The van der Waals surface area contributed by atoms with Crippen LogP contribution >= 0.6 is 0 Å². The Morgan fingerprint density at radius 3 is 3.03 bits per heavy atom. The van der Waals surface area contributed by atoms with E-state index in [0.29, 0.717) is 24.4 Å². The standard InChI is InChI=1S/C25H26N4O3/c1-16-7-8-21-28-22(23(29(21)15-16)26-14-18-6-4-5-11-32-18)19-12-17-9-10-25(2,31-3)13-20(17)27-24(19)30/h4-9,12-13,15,26H,10-11,14H2,1-3H3,(H,27,30). The molecule has 0 saturated carbocycles. The van der Waals surface area contributed by atoms with Crippen molar-refractivity contribution in [1.29, 1.82) is 0 Å². The van der Waals surface area contributed by atoms with Crippen molar-refractivity contribution in [2.75, 3.05) is 25.6 Å². The first kappa shape index (κ1) is 20.3. The number of rotatable bonds is 5. The number of aromatic nitrogens is 3. The second kappa shape index (κ2) is 7.84. The maximum absolute atomic E-state index is 13.1. The number of imidazole rings is 1. The lowest BCUT2D eigenvalue weighted by atomic mass is 9.96. The van der Waals surface area contributed by atoms with Crippen LogP contribution in [0.4, 0.5) is 5.82 Å². The van der Waals surface area contributed by atoms with Gasteiger partial charge in [-0.05, 0) is 61.4 Å². The SMILES string of the molecule is COC1(C)C=c2[nH]c(=O)c(-c3nc4ccc(C)cn4c3NCC3=CC=CCO3)cc2=CC1. The molecular weight excluding hydrogens is 404 g/mol. The fourth-order valence-electron chi connectivity index (χ4n) is 4.07. The first-order chi connectivity index (χ1) is 15.5. The topological polar surface area (TPSA) is 80.7 Å². The van der Waals surface area contributed by atoms with E-state index in [1.807, 2.05) is 66.9 Å². The van der Waals surface area contributed by atoms with Crippen molar-refractivity contribution in [3.8, 4) is 11.3 Å². The predicted molar refractivity (Wildman–Crippen MR) is 126 cm³/mol. The molecule has 4 heterocycles. The number of pyridine rings is 2. The lowest BCUT2D eigenvalue weighted by Crippen LogP contribution is -2.42. The van der Waals surface area contributed by atoms with Gasteiger partial charge in [-0.25, -0.2) is 4.98 Å². The Kier molecular flexibility index (Phi) is 4.98. The summed E-state index contributed by atoms with van der Waals surface area (Å²) in [6.45, 7) is 5.09. The normalized spacial score (nSPS) is 19.5. The minimum atomic E-state index is -0.424. The Bertz CT molecular complexity index is 1440. The molecule has 5 rings (SSSR count). The predicted octanol–water partition coefficient (Wildman–Crippen LogP) is 2.25. The number of hydrogen-bond donors (Lipinski definition) is 2. The Morgan fingerprint density at radius 2 is 2.25 bits per heavy atom. The molecule has 0 spiro atoms. The summed E-state index contributed by atoms with van der Waals surface area (Å²) < 4.78 is 13.3. The van der Waals surface area contributed by atoms with Crippen LogP contribution in [-0.2, 0) is 9.47 Å². The van der Waals surface area contributed by atoms with Crippen LogP contribution in [0.15, 0.2) is 53.2 Å². The number of fused-ring (bicyclic) bond motifs is 2. The van der Waals surface area contributed by atoms with Gasteiger partial charge in [0.2, 0.25) is 0 Å². The fraction of sp³-hybridized carbons (Fsp3) is 0.280. The van der Waals surface area contributed by atoms with E-state index in [1.54, 1.807) is 7.11 Å². The highest BCUT2D eigenvalue weighted by Gasteiger charge is 2.23. The first-order valence-electron chi connectivity index (χ1n) is 10.7. The summed E-state index contributed by atoms with van der Waals surface area (Å²) in [5, 5.41) is 5.19. The second-order valence-electron chi connectivity index (χ2n) is 8.42. The molecule has 0 amide bonds. The molecule has 0 aromatic carbocycles. The van der Waals surface area contributed by atoms with Crippen LogP contribution in [0.3, 0.4) is 0 Å².